The van der Waals surface area contributed by atoms with Crippen molar-refractivity contribution in [1.82, 2.24) is 4.98 Å². The van der Waals surface area contributed by atoms with Crippen LogP contribution in [0.4, 0.5) is 0 Å². The van der Waals surface area contributed by atoms with E-state index in [1.165, 1.54) is 0 Å². The van der Waals surface area contributed by atoms with E-state index in [2.05, 4.69) is 40.0 Å². The number of aliphatic hydroxyl groups is 1. The molecule has 2 unspecified atom stereocenters. The highest BCUT2D eigenvalue weighted by Gasteiger charge is 2.41. The Morgan fingerprint density at radius 1 is 1.45 bits per heavy atom. The number of rotatable bonds is 3. The molecule has 2 heterocycles. The van der Waals surface area contributed by atoms with Crippen molar-refractivity contribution in [2.24, 2.45) is 0 Å². The second kappa shape index (κ2) is 5.39. The first-order valence-electron chi connectivity index (χ1n) is 7.47. The molecule has 1 aromatic rings. The Kier molecular flexibility index (Phi) is 4.30. The monoisotopic (exact) mass is 297 g/mol. The first-order chi connectivity index (χ1) is 9.16. The van der Waals surface area contributed by atoms with Crippen LogP contribution in [0.25, 0.3) is 0 Å². The number of nitrogens with zero attached hydrogens (tertiary/aromatic N) is 1. The first-order valence-corrected chi connectivity index (χ1v) is 8.35. The Morgan fingerprint density at radius 3 is 2.70 bits per heavy atom. The van der Waals surface area contributed by atoms with Gasteiger partial charge < -0.3 is 9.84 Å². The van der Waals surface area contributed by atoms with Crippen LogP contribution in [-0.2, 0) is 16.6 Å². The van der Waals surface area contributed by atoms with Gasteiger partial charge in [-0.1, -0.05) is 27.7 Å². The van der Waals surface area contributed by atoms with Gasteiger partial charge >= 0.3 is 0 Å². The van der Waals surface area contributed by atoms with Gasteiger partial charge in [-0.2, -0.15) is 0 Å². The minimum absolute atomic E-state index is 0.0744. The van der Waals surface area contributed by atoms with E-state index in [1.807, 2.05) is 0 Å². The standard InChI is InChI=1S/C16H27NO2S/c1-6-15(5)11-16(18,7-8-19-15)9-13-17-12(10-20-13)14(2,3)4/h10,18H,6-9,11H2,1-5H3. The van der Waals surface area contributed by atoms with E-state index in [0.29, 0.717) is 25.9 Å². The number of thiazole rings is 1. The van der Waals surface area contributed by atoms with E-state index in [0.717, 1.165) is 17.1 Å². The van der Waals surface area contributed by atoms with Gasteiger partial charge in [0.2, 0.25) is 0 Å². The summed E-state index contributed by atoms with van der Waals surface area (Å²) < 4.78 is 5.83. The Bertz CT molecular complexity index is 465. The predicted molar refractivity (Wildman–Crippen MR) is 83.3 cm³/mol. The number of aromatic nitrogens is 1. The van der Waals surface area contributed by atoms with Gasteiger partial charge in [0.1, 0.15) is 0 Å². The highest BCUT2D eigenvalue weighted by Crippen LogP contribution is 2.37. The zero-order valence-electron chi connectivity index (χ0n) is 13.3. The van der Waals surface area contributed by atoms with Crippen LogP contribution >= 0.6 is 11.3 Å². The molecule has 2 atom stereocenters. The highest BCUT2D eigenvalue weighted by atomic mass is 32.1. The van der Waals surface area contributed by atoms with Crippen molar-refractivity contribution in [1.29, 1.82) is 0 Å². The van der Waals surface area contributed by atoms with Crippen molar-refractivity contribution in [3.05, 3.63) is 16.1 Å². The average Bonchev–Trinajstić information content (AvgIpc) is 2.76. The summed E-state index contributed by atoms with van der Waals surface area (Å²) in [6.07, 6.45) is 2.97. The second-order valence-corrected chi connectivity index (χ2v) is 8.30. The molecule has 0 amide bonds. The van der Waals surface area contributed by atoms with Gasteiger partial charge in [0.25, 0.3) is 0 Å². The normalized spacial score (nSPS) is 31.5. The lowest BCUT2D eigenvalue weighted by molar-refractivity contribution is -0.152. The van der Waals surface area contributed by atoms with Crippen LogP contribution < -0.4 is 0 Å². The molecule has 4 heteroatoms. The van der Waals surface area contributed by atoms with Crippen LogP contribution in [0, 0.1) is 0 Å². The maximum Gasteiger partial charge on any atom is 0.0957 e. The molecule has 1 fully saturated rings. The zero-order valence-corrected chi connectivity index (χ0v) is 14.1. The maximum atomic E-state index is 10.9. The highest BCUT2D eigenvalue weighted by molar-refractivity contribution is 7.09. The average molecular weight is 297 g/mol. The fourth-order valence-electron chi connectivity index (χ4n) is 2.72. The molecule has 1 aromatic heterocycles. The van der Waals surface area contributed by atoms with E-state index in [9.17, 15) is 5.11 Å². The summed E-state index contributed by atoms with van der Waals surface area (Å²) in [6, 6.07) is 0. The molecule has 0 saturated carbocycles. The van der Waals surface area contributed by atoms with Crippen molar-refractivity contribution < 1.29 is 9.84 Å². The molecule has 1 N–H and O–H groups in total. The van der Waals surface area contributed by atoms with Gasteiger partial charge in [-0.05, 0) is 13.3 Å². The van der Waals surface area contributed by atoms with Gasteiger partial charge in [-0.3, -0.25) is 0 Å². The predicted octanol–water partition coefficient (Wildman–Crippen LogP) is 3.69. The van der Waals surface area contributed by atoms with Crippen LogP contribution in [0.3, 0.4) is 0 Å². The van der Waals surface area contributed by atoms with Crippen LogP contribution in [0.1, 0.15) is 64.6 Å². The molecule has 1 aliphatic heterocycles. The Balaban J connectivity index is 2.10. The molecule has 0 radical (unpaired) electrons. The lowest BCUT2D eigenvalue weighted by Crippen LogP contribution is -2.48. The molecule has 2 rings (SSSR count). The quantitative estimate of drug-likeness (QED) is 0.925. The molecule has 1 saturated heterocycles. The van der Waals surface area contributed by atoms with E-state index in [-0.39, 0.29) is 11.0 Å². The molecular formula is C16H27NO2S. The van der Waals surface area contributed by atoms with Crippen LogP contribution in [0.2, 0.25) is 0 Å². The summed E-state index contributed by atoms with van der Waals surface area (Å²) in [5, 5.41) is 14.1. The smallest absolute Gasteiger partial charge is 0.0957 e. The summed E-state index contributed by atoms with van der Waals surface area (Å²) in [5.74, 6) is 0. The lowest BCUT2D eigenvalue weighted by Gasteiger charge is -2.42. The largest absolute Gasteiger partial charge is 0.389 e. The zero-order chi connectivity index (χ0) is 15.0. The van der Waals surface area contributed by atoms with E-state index in [1.54, 1.807) is 11.3 Å². The fourth-order valence-corrected chi connectivity index (χ4v) is 3.88. The van der Waals surface area contributed by atoms with Crippen molar-refractivity contribution in [2.45, 2.75) is 76.9 Å². The molecule has 1 aliphatic rings. The molecule has 0 aliphatic carbocycles. The molecule has 20 heavy (non-hydrogen) atoms. The van der Waals surface area contributed by atoms with Crippen molar-refractivity contribution >= 4 is 11.3 Å². The number of hydrogen-bond acceptors (Lipinski definition) is 4. The van der Waals surface area contributed by atoms with E-state index < -0.39 is 5.60 Å². The molecule has 0 bridgehead atoms. The molecule has 0 spiro atoms. The van der Waals surface area contributed by atoms with Crippen molar-refractivity contribution in [3.8, 4) is 0 Å². The Morgan fingerprint density at radius 2 is 2.15 bits per heavy atom. The molecule has 3 nitrogen and oxygen atoms in total. The molecule has 114 valence electrons. The Labute approximate surface area is 126 Å². The van der Waals surface area contributed by atoms with Gasteiger partial charge in [-0.15, -0.1) is 11.3 Å². The third kappa shape index (κ3) is 3.60. The topological polar surface area (TPSA) is 42.4 Å². The fraction of sp³-hybridized carbons (Fsp3) is 0.812. The summed E-state index contributed by atoms with van der Waals surface area (Å²) in [4.78, 5) is 4.71. The minimum atomic E-state index is -0.671. The summed E-state index contributed by atoms with van der Waals surface area (Å²) in [7, 11) is 0. The number of hydrogen-bond donors (Lipinski definition) is 1. The molecular weight excluding hydrogens is 270 g/mol. The first kappa shape index (κ1) is 15.9. The van der Waals surface area contributed by atoms with Gasteiger partial charge in [0, 0.05) is 30.1 Å². The van der Waals surface area contributed by atoms with E-state index in [4.69, 9.17) is 9.72 Å². The summed E-state index contributed by atoms with van der Waals surface area (Å²) in [5.41, 5.74) is 0.324. The van der Waals surface area contributed by atoms with Crippen LogP contribution in [-0.4, -0.2) is 27.9 Å². The van der Waals surface area contributed by atoms with Crippen LogP contribution in [0.5, 0.6) is 0 Å². The van der Waals surface area contributed by atoms with Gasteiger partial charge in [-0.25, -0.2) is 4.98 Å². The third-order valence-electron chi connectivity index (χ3n) is 4.27. The van der Waals surface area contributed by atoms with Crippen LogP contribution in [0.15, 0.2) is 5.38 Å². The van der Waals surface area contributed by atoms with E-state index >= 15 is 0 Å². The Hall–Kier alpha value is -0.450. The molecule has 0 aromatic carbocycles. The van der Waals surface area contributed by atoms with Gasteiger partial charge in [0.15, 0.2) is 0 Å². The second-order valence-electron chi connectivity index (χ2n) is 7.36. The van der Waals surface area contributed by atoms with Gasteiger partial charge in [0.05, 0.1) is 28.5 Å². The van der Waals surface area contributed by atoms with Crippen molar-refractivity contribution in [3.63, 3.8) is 0 Å². The van der Waals surface area contributed by atoms with Crippen molar-refractivity contribution in [2.75, 3.05) is 6.61 Å². The maximum absolute atomic E-state index is 10.9. The summed E-state index contributed by atoms with van der Waals surface area (Å²) in [6.45, 7) is 11.4. The SMILES string of the molecule is CCC1(C)CC(O)(Cc2nc(C(C)(C)C)cs2)CCO1. The number of ether oxygens (including phenoxy) is 1. The minimum Gasteiger partial charge on any atom is -0.389 e. The summed E-state index contributed by atoms with van der Waals surface area (Å²) >= 11 is 1.66. The lowest BCUT2D eigenvalue weighted by atomic mass is 9.80. The third-order valence-corrected chi connectivity index (χ3v) is 5.12.